The van der Waals surface area contributed by atoms with Gasteiger partial charge in [-0.25, -0.2) is 0 Å². The molecule has 0 aliphatic heterocycles. The van der Waals surface area contributed by atoms with Crippen molar-refractivity contribution in [2.45, 2.75) is 32.1 Å². The van der Waals surface area contributed by atoms with Crippen LogP contribution >= 0.6 is 0 Å². The maximum Gasteiger partial charge on any atom is 0.295 e. The zero-order valence-corrected chi connectivity index (χ0v) is 13.6. The van der Waals surface area contributed by atoms with Crippen LogP contribution in [0.1, 0.15) is 27.2 Å². The monoisotopic (exact) mass is 321 g/mol. The molecule has 0 saturated carbocycles. The fraction of sp³-hybridized carbons (Fsp3) is 0.312. The first kappa shape index (κ1) is 16.5. The van der Waals surface area contributed by atoms with E-state index in [0.29, 0.717) is 22.9 Å². The first-order valence-electron chi connectivity index (χ1n) is 6.97. The molecule has 0 fully saturated rings. The Morgan fingerprint density at radius 3 is 2.27 bits per heavy atom. The van der Waals surface area contributed by atoms with Gasteiger partial charge in [0, 0.05) is 21.9 Å². The fourth-order valence-corrected chi connectivity index (χ4v) is 2.75. The van der Waals surface area contributed by atoms with Crippen LogP contribution in [0, 0.1) is 5.41 Å². The van der Waals surface area contributed by atoms with Gasteiger partial charge >= 0.3 is 0 Å². The van der Waals surface area contributed by atoms with E-state index in [1.807, 2.05) is 20.8 Å². The number of hydrogen-bond donors (Lipinski definition) is 2. The standard InChI is InChI=1S/C16H19NO4S/c1-4-16(2,3)15(18)17-13-9-10-14(22(19,20)21)12-8-6-5-7-11(12)13/h5-10H,4H2,1-3H3,(H,17,18)(H,19,20,21). The zero-order valence-electron chi connectivity index (χ0n) is 12.8. The number of carbonyl (C=O) groups is 1. The van der Waals surface area contributed by atoms with Gasteiger partial charge in [-0.1, -0.05) is 45.0 Å². The van der Waals surface area contributed by atoms with E-state index in [2.05, 4.69) is 5.32 Å². The molecule has 5 nitrogen and oxygen atoms in total. The second kappa shape index (κ2) is 5.70. The maximum atomic E-state index is 12.3. The molecule has 2 N–H and O–H groups in total. The van der Waals surface area contributed by atoms with Gasteiger partial charge in [0.1, 0.15) is 4.90 Å². The number of nitrogens with one attached hydrogen (secondary N) is 1. The molecule has 6 heteroatoms. The highest BCUT2D eigenvalue weighted by molar-refractivity contribution is 7.86. The van der Waals surface area contributed by atoms with Gasteiger partial charge in [-0.15, -0.1) is 0 Å². The number of fused-ring (bicyclic) bond motifs is 1. The lowest BCUT2D eigenvalue weighted by atomic mass is 9.89. The third-order valence-electron chi connectivity index (χ3n) is 3.91. The maximum absolute atomic E-state index is 12.3. The van der Waals surface area contributed by atoms with E-state index in [4.69, 9.17) is 0 Å². The summed E-state index contributed by atoms with van der Waals surface area (Å²) in [5, 5.41) is 3.78. The van der Waals surface area contributed by atoms with Gasteiger partial charge in [-0.3, -0.25) is 9.35 Å². The Kier molecular flexibility index (Phi) is 4.26. The topological polar surface area (TPSA) is 83.5 Å². The minimum atomic E-state index is -4.32. The van der Waals surface area contributed by atoms with E-state index < -0.39 is 15.5 Å². The molecule has 118 valence electrons. The van der Waals surface area contributed by atoms with Gasteiger partial charge in [0.15, 0.2) is 0 Å². The summed E-state index contributed by atoms with van der Waals surface area (Å²) in [6.45, 7) is 5.62. The van der Waals surface area contributed by atoms with E-state index in [-0.39, 0.29) is 10.8 Å². The van der Waals surface area contributed by atoms with Crippen molar-refractivity contribution in [2.75, 3.05) is 5.32 Å². The van der Waals surface area contributed by atoms with Crippen LogP contribution in [0.25, 0.3) is 10.8 Å². The number of rotatable bonds is 4. The highest BCUT2D eigenvalue weighted by Gasteiger charge is 2.26. The van der Waals surface area contributed by atoms with E-state index in [9.17, 15) is 17.8 Å². The molecule has 0 aliphatic rings. The third-order valence-corrected chi connectivity index (χ3v) is 4.82. The SMILES string of the molecule is CCC(C)(C)C(=O)Nc1ccc(S(=O)(=O)O)c2ccccc12. The lowest BCUT2D eigenvalue weighted by Crippen LogP contribution is -2.30. The van der Waals surface area contributed by atoms with Crippen LogP contribution in [0.5, 0.6) is 0 Å². The average molecular weight is 321 g/mol. The van der Waals surface area contributed by atoms with Gasteiger partial charge in [0.05, 0.1) is 0 Å². The third kappa shape index (κ3) is 3.13. The Balaban J connectivity index is 2.57. The minimum Gasteiger partial charge on any atom is -0.325 e. The van der Waals surface area contributed by atoms with E-state index in [1.165, 1.54) is 12.1 Å². The molecular weight excluding hydrogens is 302 g/mol. The second-order valence-electron chi connectivity index (χ2n) is 5.82. The predicted molar refractivity (Wildman–Crippen MR) is 86.5 cm³/mol. The lowest BCUT2D eigenvalue weighted by molar-refractivity contribution is -0.124. The summed E-state index contributed by atoms with van der Waals surface area (Å²) >= 11 is 0. The molecule has 0 aromatic heterocycles. The molecule has 0 saturated heterocycles. The first-order valence-corrected chi connectivity index (χ1v) is 8.41. The number of hydrogen-bond acceptors (Lipinski definition) is 3. The molecule has 22 heavy (non-hydrogen) atoms. The number of amides is 1. The Hall–Kier alpha value is -1.92. The second-order valence-corrected chi connectivity index (χ2v) is 7.21. The van der Waals surface area contributed by atoms with Crippen molar-refractivity contribution in [2.24, 2.45) is 5.41 Å². The Morgan fingerprint density at radius 2 is 1.73 bits per heavy atom. The largest absolute Gasteiger partial charge is 0.325 e. The van der Waals surface area contributed by atoms with Crippen molar-refractivity contribution >= 4 is 32.5 Å². The molecule has 0 heterocycles. The van der Waals surface area contributed by atoms with Gasteiger partial charge < -0.3 is 5.32 Å². The van der Waals surface area contributed by atoms with Crippen LogP contribution in [0.3, 0.4) is 0 Å². The molecule has 0 aliphatic carbocycles. The Morgan fingerprint density at radius 1 is 1.14 bits per heavy atom. The highest BCUT2D eigenvalue weighted by Crippen LogP contribution is 2.31. The average Bonchev–Trinajstić information content (AvgIpc) is 2.46. The van der Waals surface area contributed by atoms with Gasteiger partial charge in [-0.2, -0.15) is 8.42 Å². The molecule has 1 amide bonds. The van der Waals surface area contributed by atoms with Crippen LogP contribution in [0.2, 0.25) is 0 Å². The Labute approximate surface area is 130 Å². The Bertz CT molecular complexity index is 825. The van der Waals surface area contributed by atoms with E-state index >= 15 is 0 Å². The summed E-state index contributed by atoms with van der Waals surface area (Å²) in [6, 6.07) is 9.52. The quantitative estimate of drug-likeness (QED) is 0.845. The molecular formula is C16H19NO4S. The molecule has 2 rings (SSSR count). The minimum absolute atomic E-state index is 0.139. The molecule has 0 radical (unpaired) electrons. The molecule has 0 atom stereocenters. The van der Waals surface area contributed by atoms with Gasteiger partial charge in [0.25, 0.3) is 10.1 Å². The zero-order chi connectivity index (χ0) is 16.5. The fourth-order valence-electron chi connectivity index (χ4n) is 2.06. The molecule has 2 aromatic rings. The smallest absolute Gasteiger partial charge is 0.295 e. The van der Waals surface area contributed by atoms with Crippen LogP contribution in [0.15, 0.2) is 41.3 Å². The summed E-state index contributed by atoms with van der Waals surface area (Å²) in [5.41, 5.74) is -0.00226. The van der Waals surface area contributed by atoms with Crippen molar-refractivity contribution in [3.8, 4) is 0 Å². The van der Waals surface area contributed by atoms with Crippen molar-refractivity contribution in [3.63, 3.8) is 0 Å². The van der Waals surface area contributed by atoms with E-state index in [0.717, 1.165) is 0 Å². The first-order chi connectivity index (χ1) is 10.2. The summed E-state index contributed by atoms with van der Waals surface area (Å²) in [7, 11) is -4.32. The lowest BCUT2D eigenvalue weighted by Gasteiger charge is -2.22. The van der Waals surface area contributed by atoms with Crippen LogP contribution in [-0.4, -0.2) is 18.9 Å². The number of benzene rings is 2. The van der Waals surface area contributed by atoms with Crippen molar-refractivity contribution in [1.82, 2.24) is 0 Å². The molecule has 0 spiro atoms. The van der Waals surface area contributed by atoms with Crippen molar-refractivity contribution in [3.05, 3.63) is 36.4 Å². The summed E-state index contributed by atoms with van der Waals surface area (Å²) in [4.78, 5) is 12.1. The summed E-state index contributed by atoms with van der Waals surface area (Å²) < 4.78 is 32.2. The van der Waals surface area contributed by atoms with Crippen LogP contribution in [-0.2, 0) is 14.9 Å². The predicted octanol–water partition coefficient (Wildman–Crippen LogP) is 3.46. The van der Waals surface area contributed by atoms with Crippen molar-refractivity contribution < 1.29 is 17.8 Å². The molecule has 0 bridgehead atoms. The van der Waals surface area contributed by atoms with Crippen molar-refractivity contribution in [1.29, 1.82) is 0 Å². The summed E-state index contributed by atoms with van der Waals surface area (Å²) in [6.07, 6.45) is 0.680. The van der Waals surface area contributed by atoms with E-state index in [1.54, 1.807) is 24.3 Å². The normalized spacial score (nSPS) is 12.4. The number of carbonyl (C=O) groups excluding carboxylic acids is 1. The molecule has 0 unspecified atom stereocenters. The summed E-state index contributed by atoms with van der Waals surface area (Å²) in [5.74, 6) is -0.139. The molecule has 2 aromatic carbocycles. The van der Waals surface area contributed by atoms with Gasteiger partial charge in [-0.05, 0) is 18.6 Å². The van der Waals surface area contributed by atoms with Crippen LogP contribution < -0.4 is 5.32 Å². The number of anilines is 1. The van der Waals surface area contributed by atoms with Crippen LogP contribution in [0.4, 0.5) is 5.69 Å². The highest BCUT2D eigenvalue weighted by atomic mass is 32.2. The van der Waals surface area contributed by atoms with Gasteiger partial charge in [0.2, 0.25) is 5.91 Å².